The van der Waals surface area contributed by atoms with Crippen LogP contribution in [-0.2, 0) is 0 Å². The van der Waals surface area contributed by atoms with E-state index in [1.807, 2.05) is 26.0 Å². The second kappa shape index (κ2) is 3.69. The molecule has 2 aromatic rings. The highest BCUT2D eigenvalue weighted by atomic mass is 16.4. The van der Waals surface area contributed by atoms with Crippen LogP contribution in [0.4, 0.5) is 0 Å². The van der Waals surface area contributed by atoms with Crippen LogP contribution < -0.4 is 0 Å². The molecule has 76 valence electrons. The summed E-state index contributed by atoms with van der Waals surface area (Å²) >= 11 is 0. The quantitative estimate of drug-likeness (QED) is 0.748. The monoisotopic (exact) mass is 200 g/mol. The number of hydrogen-bond donors (Lipinski definition) is 0. The lowest BCUT2D eigenvalue weighted by molar-refractivity contribution is 0.542. The summed E-state index contributed by atoms with van der Waals surface area (Å²) in [4.78, 5) is 8.53. The fraction of sp³-hybridized carbons (Fsp3) is 0.167. The van der Waals surface area contributed by atoms with Crippen molar-refractivity contribution in [1.82, 2.24) is 9.97 Å². The topological polar surface area (TPSA) is 38.9 Å². The Hall–Kier alpha value is -1.90. The van der Waals surface area contributed by atoms with Crippen molar-refractivity contribution in [3.8, 4) is 11.5 Å². The number of pyridine rings is 1. The summed E-state index contributed by atoms with van der Waals surface area (Å²) in [6, 6.07) is 3.88. The Morgan fingerprint density at radius 3 is 2.73 bits per heavy atom. The lowest BCUT2D eigenvalue weighted by atomic mass is 10.1. The third-order valence-corrected chi connectivity index (χ3v) is 2.11. The average molecular weight is 200 g/mol. The molecule has 0 radical (unpaired) electrons. The summed E-state index contributed by atoms with van der Waals surface area (Å²) in [6.07, 6.45) is 3.41. The number of aromatic nitrogens is 2. The van der Waals surface area contributed by atoms with E-state index in [0.717, 1.165) is 22.7 Å². The van der Waals surface area contributed by atoms with Gasteiger partial charge in [-0.2, -0.15) is 0 Å². The molecule has 0 fully saturated rings. The van der Waals surface area contributed by atoms with Crippen molar-refractivity contribution in [3.63, 3.8) is 0 Å². The number of nitrogens with zero attached hydrogens (tertiary/aromatic N) is 2. The lowest BCUT2D eigenvalue weighted by Gasteiger charge is -2.01. The number of aryl methyl sites for hydroxylation is 2. The first-order chi connectivity index (χ1) is 7.20. The van der Waals surface area contributed by atoms with Gasteiger partial charge in [0.15, 0.2) is 0 Å². The summed E-state index contributed by atoms with van der Waals surface area (Å²) in [5.41, 5.74) is 2.64. The second-order valence-corrected chi connectivity index (χ2v) is 3.37. The van der Waals surface area contributed by atoms with Gasteiger partial charge in [-0.05, 0) is 32.1 Å². The van der Waals surface area contributed by atoms with Crippen molar-refractivity contribution < 1.29 is 4.42 Å². The third-order valence-electron chi connectivity index (χ3n) is 2.11. The first-order valence-corrected chi connectivity index (χ1v) is 4.73. The zero-order valence-corrected chi connectivity index (χ0v) is 8.82. The van der Waals surface area contributed by atoms with Crippen molar-refractivity contribution in [1.29, 1.82) is 0 Å². The molecule has 0 bridgehead atoms. The largest absolute Gasteiger partial charge is 0.441 e. The van der Waals surface area contributed by atoms with Crippen LogP contribution in [0.15, 0.2) is 29.3 Å². The van der Waals surface area contributed by atoms with Crippen molar-refractivity contribution in [2.24, 2.45) is 0 Å². The SMILES string of the molecule is C=Cc1nc(C)ccc1-c1ncc(C)o1. The number of hydrogen-bond acceptors (Lipinski definition) is 3. The second-order valence-electron chi connectivity index (χ2n) is 3.37. The maximum absolute atomic E-state index is 5.45. The highest BCUT2D eigenvalue weighted by Gasteiger charge is 2.09. The van der Waals surface area contributed by atoms with E-state index in [-0.39, 0.29) is 0 Å². The van der Waals surface area contributed by atoms with Crippen molar-refractivity contribution >= 4 is 6.08 Å². The van der Waals surface area contributed by atoms with E-state index in [1.165, 1.54) is 0 Å². The summed E-state index contributed by atoms with van der Waals surface area (Å²) in [6.45, 7) is 7.54. The van der Waals surface area contributed by atoms with Gasteiger partial charge in [0.05, 0.1) is 17.5 Å². The van der Waals surface area contributed by atoms with Crippen LogP contribution in [0.2, 0.25) is 0 Å². The zero-order valence-electron chi connectivity index (χ0n) is 8.82. The van der Waals surface area contributed by atoms with Crippen LogP contribution in [0.1, 0.15) is 17.1 Å². The third kappa shape index (κ3) is 1.81. The molecule has 0 aliphatic carbocycles. The maximum Gasteiger partial charge on any atom is 0.228 e. The molecule has 0 aliphatic rings. The Balaban J connectivity index is 2.57. The first kappa shape index (κ1) is 9.65. The predicted molar refractivity (Wildman–Crippen MR) is 59.3 cm³/mol. The molecule has 2 heterocycles. The molecule has 2 aromatic heterocycles. The van der Waals surface area contributed by atoms with E-state index in [2.05, 4.69) is 16.5 Å². The van der Waals surface area contributed by atoms with Crippen molar-refractivity contribution in [2.75, 3.05) is 0 Å². The molecular weight excluding hydrogens is 188 g/mol. The average Bonchev–Trinajstić information content (AvgIpc) is 2.64. The smallest absolute Gasteiger partial charge is 0.228 e. The van der Waals surface area contributed by atoms with Gasteiger partial charge in [-0.15, -0.1) is 0 Å². The molecule has 0 aliphatic heterocycles. The van der Waals surface area contributed by atoms with Crippen LogP contribution in [0.25, 0.3) is 17.5 Å². The van der Waals surface area contributed by atoms with Gasteiger partial charge in [-0.25, -0.2) is 4.98 Å². The lowest BCUT2D eigenvalue weighted by Crippen LogP contribution is -1.90. The van der Waals surface area contributed by atoms with Crippen molar-refractivity contribution in [3.05, 3.63) is 42.1 Å². The van der Waals surface area contributed by atoms with E-state index in [0.29, 0.717) is 5.89 Å². The van der Waals surface area contributed by atoms with Crippen LogP contribution in [0.3, 0.4) is 0 Å². The number of oxazole rings is 1. The van der Waals surface area contributed by atoms with E-state index in [9.17, 15) is 0 Å². The maximum atomic E-state index is 5.45. The van der Waals surface area contributed by atoms with E-state index < -0.39 is 0 Å². The van der Waals surface area contributed by atoms with Gasteiger partial charge < -0.3 is 4.42 Å². The summed E-state index contributed by atoms with van der Waals surface area (Å²) in [5.74, 6) is 1.38. The highest BCUT2D eigenvalue weighted by Crippen LogP contribution is 2.22. The summed E-state index contributed by atoms with van der Waals surface area (Å²) in [7, 11) is 0. The minimum absolute atomic E-state index is 0.593. The molecule has 3 heteroatoms. The molecule has 0 unspecified atom stereocenters. The van der Waals surface area contributed by atoms with Crippen LogP contribution >= 0.6 is 0 Å². The van der Waals surface area contributed by atoms with Gasteiger partial charge in [0, 0.05) is 5.69 Å². The van der Waals surface area contributed by atoms with Crippen LogP contribution in [0, 0.1) is 13.8 Å². The molecule has 15 heavy (non-hydrogen) atoms. The Morgan fingerprint density at radius 2 is 2.13 bits per heavy atom. The standard InChI is InChI=1S/C12H12N2O/c1-4-11-10(6-5-8(2)14-11)12-13-7-9(3)15-12/h4-7H,1H2,2-3H3. The Labute approximate surface area is 88.5 Å². The van der Waals surface area contributed by atoms with Gasteiger partial charge in [0.2, 0.25) is 5.89 Å². The van der Waals surface area contributed by atoms with Crippen molar-refractivity contribution in [2.45, 2.75) is 13.8 Å². The van der Waals surface area contributed by atoms with Gasteiger partial charge in [0.1, 0.15) is 5.76 Å². The fourth-order valence-corrected chi connectivity index (χ4v) is 1.39. The van der Waals surface area contributed by atoms with Crippen LogP contribution in [-0.4, -0.2) is 9.97 Å². The van der Waals surface area contributed by atoms with Crippen LogP contribution in [0.5, 0.6) is 0 Å². The normalized spacial score (nSPS) is 10.3. The molecule has 0 amide bonds. The zero-order chi connectivity index (χ0) is 10.8. The summed E-state index contributed by atoms with van der Waals surface area (Å²) in [5, 5.41) is 0. The molecule has 0 saturated carbocycles. The predicted octanol–water partition coefficient (Wildman–Crippen LogP) is 3.00. The van der Waals surface area contributed by atoms with E-state index >= 15 is 0 Å². The first-order valence-electron chi connectivity index (χ1n) is 4.73. The molecule has 0 N–H and O–H groups in total. The van der Waals surface area contributed by atoms with E-state index in [4.69, 9.17) is 4.42 Å². The Bertz CT molecular complexity index is 500. The molecule has 0 spiro atoms. The van der Waals surface area contributed by atoms with Gasteiger partial charge in [0.25, 0.3) is 0 Å². The molecule has 3 nitrogen and oxygen atoms in total. The van der Waals surface area contributed by atoms with Gasteiger partial charge in [-0.1, -0.05) is 6.58 Å². The minimum atomic E-state index is 0.593. The fourth-order valence-electron chi connectivity index (χ4n) is 1.39. The summed E-state index contributed by atoms with van der Waals surface area (Å²) < 4.78 is 5.45. The van der Waals surface area contributed by atoms with E-state index in [1.54, 1.807) is 12.3 Å². The molecule has 0 saturated heterocycles. The number of rotatable bonds is 2. The highest BCUT2D eigenvalue weighted by molar-refractivity contribution is 5.66. The van der Waals surface area contributed by atoms with Gasteiger partial charge >= 0.3 is 0 Å². The Kier molecular flexibility index (Phi) is 2.37. The molecule has 2 rings (SSSR count). The minimum Gasteiger partial charge on any atom is -0.441 e. The Morgan fingerprint density at radius 1 is 1.33 bits per heavy atom. The molecular formula is C12H12N2O. The van der Waals surface area contributed by atoms with Gasteiger partial charge in [-0.3, -0.25) is 4.98 Å². The molecule has 0 aromatic carbocycles. The molecule has 0 atom stereocenters.